The lowest BCUT2D eigenvalue weighted by Gasteiger charge is -2.23. The van der Waals surface area contributed by atoms with Crippen LogP contribution in [0.15, 0.2) is 11.1 Å². The number of nitrogens with one attached hydrogen (secondary N) is 1. The summed E-state index contributed by atoms with van der Waals surface area (Å²) in [5.41, 5.74) is 2.29. The topological polar surface area (TPSA) is 38.3 Å². The number of carbonyl (C=O) groups is 1. The van der Waals surface area contributed by atoms with Gasteiger partial charge < -0.3 is 10.1 Å². The summed E-state index contributed by atoms with van der Waals surface area (Å²) in [5.74, 6) is 0.636. The van der Waals surface area contributed by atoms with Gasteiger partial charge in [0.25, 0.3) is 0 Å². The third kappa shape index (κ3) is 2.85. The fourth-order valence-electron chi connectivity index (χ4n) is 2.23. The van der Waals surface area contributed by atoms with Gasteiger partial charge in [0, 0.05) is 18.7 Å². The van der Waals surface area contributed by atoms with Gasteiger partial charge in [-0.2, -0.15) is 0 Å². The quantitative estimate of drug-likeness (QED) is 0.743. The molecule has 0 bridgehead atoms. The number of carbonyl (C=O) groups excluding carboxylic acids is 1. The van der Waals surface area contributed by atoms with Crippen molar-refractivity contribution in [3.63, 3.8) is 0 Å². The Hall–Kier alpha value is -0.830. The summed E-state index contributed by atoms with van der Waals surface area (Å²) in [6, 6.07) is 0. The van der Waals surface area contributed by atoms with Gasteiger partial charge in [-0.1, -0.05) is 5.57 Å². The first-order valence-corrected chi connectivity index (χ1v) is 6.32. The predicted octanol–water partition coefficient (Wildman–Crippen LogP) is 2.03. The maximum atomic E-state index is 11.8. The van der Waals surface area contributed by atoms with Crippen LogP contribution in [0.2, 0.25) is 0 Å². The first-order chi connectivity index (χ1) is 7.77. The molecule has 1 saturated heterocycles. The van der Waals surface area contributed by atoms with Gasteiger partial charge in [-0.05, 0) is 44.9 Å². The molecule has 2 fully saturated rings. The average Bonchev–Trinajstić information content (AvgIpc) is 2.25. The van der Waals surface area contributed by atoms with Crippen molar-refractivity contribution in [2.24, 2.45) is 5.92 Å². The number of amides is 1. The highest BCUT2D eigenvalue weighted by Crippen LogP contribution is 2.28. The average molecular weight is 223 g/mol. The van der Waals surface area contributed by atoms with E-state index < -0.39 is 0 Å². The van der Waals surface area contributed by atoms with Crippen LogP contribution < -0.4 is 5.32 Å². The number of ether oxygens (including phenoxy) is 1. The molecule has 2 rings (SSSR count). The lowest BCUT2D eigenvalue weighted by molar-refractivity contribution is -0.117. The van der Waals surface area contributed by atoms with Gasteiger partial charge in [0.15, 0.2) is 0 Å². The highest BCUT2D eigenvalue weighted by molar-refractivity contribution is 5.93. The summed E-state index contributed by atoms with van der Waals surface area (Å²) in [7, 11) is 0. The van der Waals surface area contributed by atoms with Gasteiger partial charge in [0.1, 0.15) is 0 Å². The fraction of sp³-hybridized carbons (Fsp3) is 0.769. The summed E-state index contributed by atoms with van der Waals surface area (Å²) >= 11 is 0. The van der Waals surface area contributed by atoms with Gasteiger partial charge in [0.2, 0.25) is 5.91 Å². The Labute approximate surface area is 97.2 Å². The first-order valence-electron chi connectivity index (χ1n) is 6.32. The molecule has 3 heteroatoms. The number of hydrogen-bond acceptors (Lipinski definition) is 2. The number of allylic oxidation sites excluding steroid dienone is 1. The van der Waals surface area contributed by atoms with Crippen LogP contribution in [0.4, 0.5) is 0 Å². The van der Waals surface area contributed by atoms with Crippen LogP contribution in [0.25, 0.3) is 0 Å². The molecule has 0 radical (unpaired) electrons. The molecule has 90 valence electrons. The van der Waals surface area contributed by atoms with Crippen LogP contribution in [-0.2, 0) is 9.53 Å². The lowest BCUT2D eigenvalue weighted by atomic mass is 9.88. The molecule has 0 aromatic carbocycles. The molecule has 1 N–H and O–H groups in total. The van der Waals surface area contributed by atoms with Crippen molar-refractivity contribution in [3.8, 4) is 0 Å². The molecular formula is C13H21NO2. The summed E-state index contributed by atoms with van der Waals surface area (Å²) in [4.78, 5) is 11.8. The van der Waals surface area contributed by atoms with E-state index in [1.165, 1.54) is 18.4 Å². The smallest absolute Gasteiger partial charge is 0.246 e. The van der Waals surface area contributed by atoms with Crippen LogP contribution in [0.3, 0.4) is 0 Å². The minimum absolute atomic E-state index is 0.125. The van der Waals surface area contributed by atoms with Gasteiger partial charge in [0.05, 0.1) is 6.61 Å². The van der Waals surface area contributed by atoms with E-state index in [1.54, 1.807) is 0 Å². The highest BCUT2D eigenvalue weighted by Gasteiger charge is 2.18. The third-order valence-corrected chi connectivity index (χ3v) is 3.63. The number of hydrogen-bond donors (Lipinski definition) is 1. The summed E-state index contributed by atoms with van der Waals surface area (Å²) < 4.78 is 5.39. The van der Waals surface area contributed by atoms with Gasteiger partial charge >= 0.3 is 0 Å². The lowest BCUT2D eigenvalue weighted by Crippen LogP contribution is -2.34. The standard InChI is InChI=1S/C13H21NO2/c1-10(12-5-2-6-12)13(15)14-8-11-4-3-7-16-9-11/h11H,2-9H2,1H3,(H,14,15)/t11-/m1/s1. The van der Waals surface area contributed by atoms with Crippen LogP contribution in [0, 0.1) is 5.92 Å². The molecule has 0 unspecified atom stereocenters. The fourth-order valence-corrected chi connectivity index (χ4v) is 2.23. The van der Waals surface area contributed by atoms with Crippen molar-refractivity contribution in [2.75, 3.05) is 19.8 Å². The Bertz CT molecular complexity index is 284. The Morgan fingerprint density at radius 3 is 2.81 bits per heavy atom. The van der Waals surface area contributed by atoms with E-state index in [0.29, 0.717) is 5.92 Å². The second-order valence-corrected chi connectivity index (χ2v) is 4.88. The Morgan fingerprint density at radius 2 is 2.25 bits per heavy atom. The molecule has 1 heterocycles. The zero-order valence-corrected chi connectivity index (χ0v) is 10.1. The van der Waals surface area contributed by atoms with Crippen LogP contribution in [0.5, 0.6) is 0 Å². The van der Waals surface area contributed by atoms with E-state index in [0.717, 1.165) is 44.6 Å². The van der Waals surface area contributed by atoms with Crippen LogP contribution in [-0.4, -0.2) is 25.7 Å². The molecule has 1 aliphatic carbocycles. The largest absolute Gasteiger partial charge is 0.381 e. The van der Waals surface area contributed by atoms with E-state index in [-0.39, 0.29) is 5.91 Å². The van der Waals surface area contributed by atoms with Crippen molar-refractivity contribution >= 4 is 5.91 Å². The molecule has 1 amide bonds. The SMILES string of the molecule is CC(C(=O)NC[C@H]1CCCOC1)=C1CCC1. The van der Waals surface area contributed by atoms with Gasteiger partial charge in [-0.3, -0.25) is 4.79 Å². The predicted molar refractivity (Wildman–Crippen MR) is 63.1 cm³/mol. The van der Waals surface area contributed by atoms with Crippen molar-refractivity contribution in [1.82, 2.24) is 5.32 Å². The molecule has 1 aliphatic heterocycles. The molecule has 1 atom stereocenters. The Balaban J connectivity index is 1.74. The minimum atomic E-state index is 0.125. The molecule has 0 aromatic rings. The maximum absolute atomic E-state index is 11.8. The van der Waals surface area contributed by atoms with E-state index >= 15 is 0 Å². The van der Waals surface area contributed by atoms with Crippen LogP contribution in [0.1, 0.15) is 39.0 Å². The molecule has 0 spiro atoms. The molecule has 3 nitrogen and oxygen atoms in total. The van der Waals surface area contributed by atoms with Crippen molar-refractivity contribution in [2.45, 2.75) is 39.0 Å². The van der Waals surface area contributed by atoms with E-state index in [1.807, 2.05) is 6.92 Å². The molecule has 0 aromatic heterocycles. The van der Waals surface area contributed by atoms with Crippen molar-refractivity contribution in [3.05, 3.63) is 11.1 Å². The molecule has 1 saturated carbocycles. The Morgan fingerprint density at radius 1 is 1.44 bits per heavy atom. The zero-order chi connectivity index (χ0) is 11.4. The molecular weight excluding hydrogens is 202 g/mol. The first kappa shape index (κ1) is 11.6. The monoisotopic (exact) mass is 223 g/mol. The van der Waals surface area contributed by atoms with Crippen molar-refractivity contribution < 1.29 is 9.53 Å². The zero-order valence-electron chi connectivity index (χ0n) is 10.1. The second kappa shape index (κ2) is 5.48. The Kier molecular flexibility index (Phi) is 3.99. The van der Waals surface area contributed by atoms with E-state index in [9.17, 15) is 4.79 Å². The van der Waals surface area contributed by atoms with Crippen LogP contribution >= 0.6 is 0 Å². The normalized spacial score (nSPS) is 24.8. The van der Waals surface area contributed by atoms with E-state index in [4.69, 9.17) is 4.74 Å². The number of rotatable bonds is 3. The maximum Gasteiger partial charge on any atom is 0.246 e. The van der Waals surface area contributed by atoms with Gasteiger partial charge in [-0.15, -0.1) is 0 Å². The van der Waals surface area contributed by atoms with Gasteiger partial charge in [-0.25, -0.2) is 0 Å². The highest BCUT2D eigenvalue weighted by atomic mass is 16.5. The summed E-state index contributed by atoms with van der Waals surface area (Å²) in [6.07, 6.45) is 5.78. The summed E-state index contributed by atoms with van der Waals surface area (Å²) in [6.45, 7) is 4.40. The molecule has 2 aliphatic rings. The molecule has 16 heavy (non-hydrogen) atoms. The minimum Gasteiger partial charge on any atom is -0.381 e. The second-order valence-electron chi connectivity index (χ2n) is 4.88. The third-order valence-electron chi connectivity index (χ3n) is 3.63. The summed E-state index contributed by atoms with van der Waals surface area (Å²) in [5, 5.41) is 3.02. The van der Waals surface area contributed by atoms with E-state index in [2.05, 4.69) is 5.32 Å². The van der Waals surface area contributed by atoms with Crippen molar-refractivity contribution in [1.29, 1.82) is 0 Å².